The van der Waals surface area contributed by atoms with Gasteiger partial charge >= 0.3 is 0 Å². The Morgan fingerprint density at radius 3 is 1.00 bits per heavy atom. The van der Waals surface area contributed by atoms with Crippen molar-refractivity contribution in [3.05, 3.63) is 0 Å². The van der Waals surface area contributed by atoms with Crippen LogP contribution in [0.5, 0.6) is 0 Å². The summed E-state index contributed by atoms with van der Waals surface area (Å²) in [7, 11) is 2.36. The first kappa shape index (κ1) is 15.7. The molecule has 0 bridgehead atoms. The van der Waals surface area contributed by atoms with Crippen LogP contribution in [0.25, 0.3) is 0 Å². The Labute approximate surface area is 54.7 Å². The summed E-state index contributed by atoms with van der Waals surface area (Å²) in [6.45, 7) is 0. The van der Waals surface area contributed by atoms with Crippen LogP contribution in [-0.4, -0.2) is 24.7 Å². The van der Waals surface area contributed by atoms with Crippen molar-refractivity contribution in [2.45, 2.75) is 0 Å². The Morgan fingerprint density at radius 1 is 1.00 bits per heavy atom. The average molecular weight is 161 g/mol. The first-order chi connectivity index (χ1) is 2.83. The van der Waals surface area contributed by atoms with Gasteiger partial charge in [0.15, 0.2) is 0 Å². The van der Waals surface area contributed by atoms with Crippen LogP contribution < -0.4 is 0 Å². The molecule has 0 saturated carbocycles. The van der Waals surface area contributed by atoms with Gasteiger partial charge in [0.05, 0.1) is 14.2 Å². The second-order valence-corrected chi connectivity index (χ2v) is 0.365. The Bertz CT molecular complexity index is 11.7. The minimum Gasteiger partial charge on any atom is -0.252 e. The Kier molecular flexibility index (Phi) is 71.1. The Balaban J connectivity index is -0.0000000400. The van der Waals surface area contributed by atoms with Crippen LogP contribution in [0.2, 0.25) is 0 Å². The van der Waals surface area contributed by atoms with Crippen molar-refractivity contribution in [2.24, 2.45) is 0 Å². The third-order valence-electron chi connectivity index (χ3n) is 0. The summed E-state index contributed by atoms with van der Waals surface area (Å²) in [5.41, 5.74) is 0. The van der Waals surface area contributed by atoms with Gasteiger partial charge in [-0.15, -0.1) is 0 Å². The minimum absolute atomic E-state index is 0. The molecule has 0 heterocycles. The molecule has 5 heteroatoms. The van der Waals surface area contributed by atoms with Crippen LogP contribution in [0.15, 0.2) is 0 Å². The van der Waals surface area contributed by atoms with E-state index >= 15 is 0 Å². The number of hydrogen-bond acceptors (Lipinski definition) is 4. The zero-order valence-corrected chi connectivity index (χ0v) is 7.39. The smallest absolute Gasteiger partial charge is 0.0710 e. The second-order valence-electron chi connectivity index (χ2n) is 0.365. The average Bonchev–Trinajstić information content (AvgIpc) is 1.39. The molecule has 42 valence electrons. The predicted octanol–water partition coefficient (Wildman–Crippen LogP) is 0.209. The first-order valence-electron chi connectivity index (χ1n) is 1.18. The summed E-state index contributed by atoms with van der Waals surface area (Å²) in [4.78, 5) is 6.50. The largest absolute Gasteiger partial charge is 0.252 e. The van der Waals surface area contributed by atoms with Crippen LogP contribution in [-0.2, 0) is 29.3 Å². The third kappa shape index (κ3) is 600. The maximum absolute atomic E-state index is 7.07. The Hall–Kier alpha value is 0.463. The summed E-state index contributed by atoms with van der Waals surface area (Å²) in [6, 6.07) is 0. The summed E-state index contributed by atoms with van der Waals surface area (Å²) in [5.74, 6) is 0. The molecule has 0 atom stereocenters. The molecular weight excluding hydrogens is 153 g/mol. The molecule has 0 amide bonds. The molecule has 0 aliphatic carbocycles. The molecule has 0 unspecified atom stereocenters. The SMILES string of the molecule is COO.COO.[Zn]. The zero-order valence-electron chi connectivity index (χ0n) is 4.42. The van der Waals surface area contributed by atoms with E-state index < -0.39 is 0 Å². The molecule has 4 nitrogen and oxygen atoms in total. The van der Waals surface area contributed by atoms with Gasteiger partial charge in [0, 0.05) is 19.5 Å². The third-order valence-corrected chi connectivity index (χ3v) is 0. The molecule has 7 heavy (non-hydrogen) atoms. The van der Waals surface area contributed by atoms with Crippen molar-refractivity contribution in [2.75, 3.05) is 14.2 Å². The molecule has 2 N–H and O–H groups in total. The van der Waals surface area contributed by atoms with Gasteiger partial charge in [-0.1, -0.05) is 0 Å². The van der Waals surface area contributed by atoms with E-state index in [2.05, 4.69) is 9.78 Å². The molecule has 0 fully saturated rings. The second kappa shape index (κ2) is 31.8. The van der Waals surface area contributed by atoms with Crippen LogP contribution in [0, 0.1) is 0 Å². The molecule has 0 spiro atoms. The predicted molar refractivity (Wildman–Crippen MR) is 19.3 cm³/mol. The molecular formula is C2H8O4Zn. The summed E-state index contributed by atoms with van der Waals surface area (Å²) in [5, 5.41) is 14.1. The summed E-state index contributed by atoms with van der Waals surface area (Å²) >= 11 is 0. The van der Waals surface area contributed by atoms with E-state index in [9.17, 15) is 0 Å². The van der Waals surface area contributed by atoms with Gasteiger partial charge < -0.3 is 0 Å². The summed E-state index contributed by atoms with van der Waals surface area (Å²) < 4.78 is 0. The van der Waals surface area contributed by atoms with Gasteiger partial charge in [0.1, 0.15) is 0 Å². The molecule has 0 rings (SSSR count). The topological polar surface area (TPSA) is 58.9 Å². The maximum atomic E-state index is 7.07. The van der Waals surface area contributed by atoms with Gasteiger partial charge in [0.2, 0.25) is 0 Å². The Morgan fingerprint density at radius 2 is 1.00 bits per heavy atom. The van der Waals surface area contributed by atoms with Crippen molar-refractivity contribution < 1.29 is 39.8 Å². The van der Waals surface area contributed by atoms with E-state index in [4.69, 9.17) is 10.5 Å². The number of rotatable bonds is 0. The normalized spacial score (nSPS) is 5.14. The van der Waals surface area contributed by atoms with Crippen LogP contribution in [0.1, 0.15) is 0 Å². The van der Waals surface area contributed by atoms with E-state index in [0.717, 1.165) is 0 Å². The molecule has 0 aliphatic heterocycles. The van der Waals surface area contributed by atoms with Crippen molar-refractivity contribution in [3.8, 4) is 0 Å². The van der Waals surface area contributed by atoms with E-state index in [1.807, 2.05) is 0 Å². The van der Waals surface area contributed by atoms with Gasteiger partial charge in [-0.2, -0.15) is 0 Å². The van der Waals surface area contributed by atoms with Crippen LogP contribution in [0.4, 0.5) is 0 Å². The molecule has 0 saturated heterocycles. The van der Waals surface area contributed by atoms with Crippen LogP contribution in [0.3, 0.4) is 0 Å². The van der Waals surface area contributed by atoms with Gasteiger partial charge in [-0.05, 0) is 0 Å². The monoisotopic (exact) mass is 160 g/mol. The van der Waals surface area contributed by atoms with Crippen molar-refractivity contribution in [1.82, 2.24) is 0 Å². The van der Waals surface area contributed by atoms with Crippen LogP contribution >= 0.6 is 0 Å². The molecule has 0 aromatic rings. The van der Waals surface area contributed by atoms with E-state index in [1.54, 1.807) is 0 Å². The van der Waals surface area contributed by atoms with Crippen molar-refractivity contribution in [1.29, 1.82) is 0 Å². The standard InChI is InChI=1S/2CH4O2.Zn/c2*1-3-2;/h2*2H,1H3;. The van der Waals surface area contributed by atoms with E-state index in [-0.39, 0.29) is 19.5 Å². The van der Waals surface area contributed by atoms with Crippen molar-refractivity contribution >= 4 is 0 Å². The first-order valence-corrected chi connectivity index (χ1v) is 1.18. The van der Waals surface area contributed by atoms with E-state index in [0.29, 0.717) is 0 Å². The fourth-order valence-corrected chi connectivity index (χ4v) is 0. The fraction of sp³-hybridized carbons (Fsp3) is 1.00. The molecule has 0 radical (unpaired) electrons. The zero-order chi connectivity index (χ0) is 5.41. The molecule has 0 aromatic heterocycles. The van der Waals surface area contributed by atoms with Gasteiger partial charge in [-0.3, -0.25) is 10.5 Å². The summed E-state index contributed by atoms with van der Waals surface area (Å²) in [6.07, 6.45) is 0. The molecule has 0 aliphatic rings. The quantitative estimate of drug-likeness (QED) is 0.303. The fourth-order valence-electron chi connectivity index (χ4n) is 0. The van der Waals surface area contributed by atoms with Gasteiger partial charge in [0.25, 0.3) is 0 Å². The van der Waals surface area contributed by atoms with Crippen molar-refractivity contribution in [3.63, 3.8) is 0 Å². The maximum Gasteiger partial charge on any atom is 0.0710 e. The van der Waals surface area contributed by atoms with Gasteiger partial charge in [-0.25, -0.2) is 9.78 Å². The minimum atomic E-state index is 0. The number of hydrogen-bond donors (Lipinski definition) is 2. The molecule has 0 aromatic carbocycles. The van der Waals surface area contributed by atoms with E-state index in [1.165, 1.54) is 14.2 Å².